The SMILES string of the molecule is C[C@@H](N)C(=O)N1CCC(C2C(=O)Nc3cc(Cl)ccc32)CC1.Cl. The number of likely N-dealkylation sites (tertiary alicyclic amines) is 1. The molecule has 7 heteroatoms. The first-order valence-corrected chi connectivity index (χ1v) is 8.00. The Bertz CT molecular complexity index is 613. The van der Waals surface area contributed by atoms with Crippen LogP contribution in [0.2, 0.25) is 5.02 Å². The Morgan fingerprint density at radius 1 is 1.39 bits per heavy atom. The van der Waals surface area contributed by atoms with Gasteiger partial charge in [0.1, 0.15) is 0 Å². The molecule has 0 radical (unpaired) electrons. The molecule has 2 aliphatic heterocycles. The number of hydrogen-bond donors (Lipinski definition) is 2. The lowest BCUT2D eigenvalue weighted by Crippen LogP contribution is -2.46. The normalized spacial score (nSPS) is 22.1. The van der Waals surface area contributed by atoms with Gasteiger partial charge in [-0.05, 0) is 43.4 Å². The van der Waals surface area contributed by atoms with Crippen LogP contribution in [0, 0.1) is 5.92 Å². The number of nitrogens with zero attached hydrogens (tertiary/aromatic N) is 1. The minimum atomic E-state index is -0.464. The smallest absolute Gasteiger partial charge is 0.239 e. The van der Waals surface area contributed by atoms with Crippen molar-refractivity contribution >= 4 is 41.5 Å². The second-order valence-corrected chi connectivity index (χ2v) is 6.59. The zero-order valence-corrected chi connectivity index (χ0v) is 14.5. The summed E-state index contributed by atoms with van der Waals surface area (Å²) in [5.74, 6) is 0.134. The Balaban J connectivity index is 0.00000192. The highest BCUT2D eigenvalue weighted by Gasteiger charge is 2.39. The van der Waals surface area contributed by atoms with E-state index >= 15 is 0 Å². The Morgan fingerprint density at radius 3 is 2.65 bits per heavy atom. The van der Waals surface area contributed by atoms with Crippen molar-refractivity contribution in [3.8, 4) is 0 Å². The summed E-state index contributed by atoms with van der Waals surface area (Å²) in [5.41, 5.74) is 7.49. The highest BCUT2D eigenvalue weighted by Crippen LogP contribution is 2.42. The lowest BCUT2D eigenvalue weighted by Gasteiger charge is -2.35. The van der Waals surface area contributed by atoms with Gasteiger partial charge in [-0.15, -0.1) is 12.4 Å². The maximum absolute atomic E-state index is 12.3. The second-order valence-electron chi connectivity index (χ2n) is 6.15. The molecule has 0 saturated carbocycles. The van der Waals surface area contributed by atoms with Crippen molar-refractivity contribution in [1.82, 2.24) is 4.90 Å². The van der Waals surface area contributed by atoms with Gasteiger partial charge < -0.3 is 16.0 Å². The highest BCUT2D eigenvalue weighted by atomic mass is 35.5. The van der Waals surface area contributed by atoms with E-state index in [-0.39, 0.29) is 36.1 Å². The fourth-order valence-corrected chi connectivity index (χ4v) is 3.64. The highest BCUT2D eigenvalue weighted by molar-refractivity contribution is 6.31. The molecule has 2 amide bonds. The van der Waals surface area contributed by atoms with Crippen molar-refractivity contribution in [2.24, 2.45) is 11.7 Å². The first kappa shape index (κ1) is 18.0. The van der Waals surface area contributed by atoms with E-state index in [1.807, 2.05) is 12.1 Å². The van der Waals surface area contributed by atoms with Gasteiger partial charge in [-0.2, -0.15) is 0 Å². The number of nitrogens with two attached hydrogens (primary N) is 1. The van der Waals surface area contributed by atoms with E-state index in [1.165, 1.54) is 0 Å². The van der Waals surface area contributed by atoms with Crippen LogP contribution < -0.4 is 11.1 Å². The Morgan fingerprint density at radius 2 is 2.04 bits per heavy atom. The van der Waals surface area contributed by atoms with Crippen LogP contribution in [0.15, 0.2) is 18.2 Å². The summed E-state index contributed by atoms with van der Waals surface area (Å²) < 4.78 is 0. The van der Waals surface area contributed by atoms with Gasteiger partial charge in [0.2, 0.25) is 11.8 Å². The molecule has 5 nitrogen and oxygen atoms in total. The molecule has 126 valence electrons. The summed E-state index contributed by atoms with van der Waals surface area (Å²) in [6, 6.07) is 5.08. The van der Waals surface area contributed by atoms with Crippen LogP contribution in [0.3, 0.4) is 0 Å². The summed E-state index contributed by atoms with van der Waals surface area (Å²) in [4.78, 5) is 26.0. The molecule has 0 aliphatic carbocycles. The molecule has 1 saturated heterocycles. The fraction of sp³-hybridized carbons (Fsp3) is 0.500. The number of halogens is 2. The Kier molecular flexibility index (Phi) is 5.55. The van der Waals surface area contributed by atoms with E-state index in [1.54, 1.807) is 17.9 Å². The molecule has 0 bridgehead atoms. The molecule has 1 aromatic rings. The van der Waals surface area contributed by atoms with E-state index in [9.17, 15) is 9.59 Å². The van der Waals surface area contributed by atoms with E-state index in [2.05, 4.69) is 5.32 Å². The molecule has 1 aromatic carbocycles. The third-order valence-electron chi connectivity index (χ3n) is 4.60. The number of piperidine rings is 1. The van der Waals surface area contributed by atoms with Crippen LogP contribution in [-0.2, 0) is 9.59 Å². The molecule has 2 atom stereocenters. The number of nitrogens with one attached hydrogen (secondary N) is 1. The molecule has 2 aliphatic rings. The number of rotatable bonds is 2. The van der Waals surface area contributed by atoms with Gasteiger partial charge in [0, 0.05) is 23.8 Å². The number of benzene rings is 1. The quantitative estimate of drug-likeness (QED) is 0.852. The average molecular weight is 358 g/mol. The molecule has 0 spiro atoms. The number of amides is 2. The first-order chi connectivity index (χ1) is 10.5. The van der Waals surface area contributed by atoms with E-state index in [0.29, 0.717) is 18.1 Å². The van der Waals surface area contributed by atoms with Gasteiger partial charge in [0.15, 0.2) is 0 Å². The van der Waals surface area contributed by atoms with Crippen LogP contribution in [0.25, 0.3) is 0 Å². The Hall–Kier alpha value is -1.30. The second kappa shape index (κ2) is 7.07. The topological polar surface area (TPSA) is 75.4 Å². The van der Waals surface area contributed by atoms with Crippen LogP contribution in [0.5, 0.6) is 0 Å². The molecule has 0 aromatic heterocycles. The number of carbonyl (C=O) groups is 2. The van der Waals surface area contributed by atoms with Gasteiger partial charge in [-0.25, -0.2) is 0 Å². The van der Waals surface area contributed by atoms with Crippen LogP contribution in [0.4, 0.5) is 5.69 Å². The Labute approximate surface area is 146 Å². The lowest BCUT2D eigenvalue weighted by atomic mass is 9.80. The average Bonchev–Trinajstić information content (AvgIpc) is 2.81. The maximum Gasteiger partial charge on any atom is 0.239 e. The lowest BCUT2D eigenvalue weighted by molar-refractivity contribution is -0.133. The van der Waals surface area contributed by atoms with Crippen LogP contribution in [-0.4, -0.2) is 35.8 Å². The molecule has 1 unspecified atom stereocenters. The molecule has 1 fully saturated rings. The molecule has 23 heavy (non-hydrogen) atoms. The zero-order chi connectivity index (χ0) is 15.9. The summed E-state index contributed by atoms with van der Waals surface area (Å²) in [6.45, 7) is 3.04. The molecular formula is C16H21Cl2N3O2. The molecule has 3 rings (SSSR count). The van der Waals surface area contributed by atoms with Crippen LogP contribution in [0.1, 0.15) is 31.2 Å². The number of anilines is 1. The van der Waals surface area contributed by atoms with Gasteiger partial charge in [0.05, 0.1) is 12.0 Å². The molecular weight excluding hydrogens is 337 g/mol. The van der Waals surface area contributed by atoms with E-state index in [4.69, 9.17) is 17.3 Å². The predicted molar refractivity (Wildman–Crippen MR) is 93.0 cm³/mol. The maximum atomic E-state index is 12.3. The number of fused-ring (bicyclic) bond motifs is 1. The summed E-state index contributed by atoms with van der Waals surface area (Å²) in [7, 11) is 0. The third kappa shape index (κ3) is 3.47. The summed E-state index contributed by atoms with van der Waals surface area (Å²) >= 11 is 5.98. The molecule has 3 N–H and O–H groups in total. The van der Waals surface area contributed by atoms with E-state index in [0.717, 1.165) is 24.1 Å². The van der Waals surface area contributed by atoms with Crippen molar-refractivity contribution in [3.05, 3.63) is 28.8 Å². The first-order valence-electron chi connectivity index (χ1n) is 7.62. The fourth-order valence-electron chi connectivity index (χ4n) is 3.47. The van der Waals surface area contributed by atoms with Crippen molar-refractivity contribution in [1.29, 1.82) is 0 Å². The number of hydrogen-bond acceptors (Lipinski definition) is 3. The summed E-state index contributed by atoms with van der Waals surface area (Å²) in [6.07, 6.45) is 1.64. The predicted octanol–water partition coefficient (Wildman–Crippen LogP) is 2.38. The van der Waals surface area contributed by atoms with Gasteiger partial charge in [0.25, 0.3) is 0 Å². The zero-order valence-electron chi connectivity index (χ0n) is 12.9. The monoisotopic (exact) mass is 357 g/mol. The molecule has 2 heterocycles. The van der Waals surface area contributed by atoms with Crippen LogP contribution >= 0.6 is 24.0 Å². The van der Waals surface area contributed by atoms with Gasteiger partial charge in [-0.3, -0.25) is 9.59 Å². The standard InChI is InChI=1S/C16H20ClN3O2.ClH/c1-9(18)16(22)20-6-4-10(5-7-20)14-12-3-2-11(17)8-13(12)19-15(14)21;/h2-3,8-10,14H,4-7,18H2,1H3,(H,19,21);1H/t9-,14?;/m1./s1. The number of carbonyl (C=O) groups excluding carboxylic acids is 2. The van der Waals surface area contributed by atoms with Gasteiger partial charge >= 0.3 is 0 Å². The third-order valence-corrected chi connectivity index (χ3v) is 4.84. The minimum Gasteiger partial charge on any atom is -0.341 e. The van der Waals surface area contributed by atoms with Crippen molar-refractivity contribution in [3.63, 3.8) is 0 Å². The van der Waals surface area contributed by atoms with Crippen molar-refractivity contribution in [2.45, 2.75) is 31.7 Å². The van der Waals surface area contributed by atoms with E-state index < -0.39 is 6.04 Å². The van der Waals surface area contributed by atoms with Crippen molar-refractivity contribution in [2.75, 3.05) is 18.4 Å². The summed E-state index contributed by atoms with van der Waals surface area (Å²) in [5, 5.41) is 3.54. The van der Waals surface area contributed by atoms with Crippen molar-refractivity contribution < 1.29 is 9.59 Å². The largest absolute Gasteiger partial charge is 0.341 e. The minimum absolute atomic E-state index is 0. The van der Waals surface area contributed by atoms with Gasteiger partial charge in [-0.1, -0.05) is 17.7 Å².